The second-order valence-corrected chi connectivity index (χ2v) is 7.30. The third-order valence-corrected chi connectivity index (χ3v) is 5.54. The summed E-state index contributed by atoms with van der Waals surface area (Å²) >= 11 is 1.59. The Hall–Kier alpha value is -2.08. The maximum Gasteiger partial charge on any atom is 0.279 e. The number of thiophene rings is 1. The summed E-state index contributed by atoms with van der Waals surface area (Å²) in [5, 5.41) is 8.98. The summed E-state index contributed by atoms with van der Waals surface area (Å²) in [5.41, 5.74) is 1.74. The average Bonchev–Trinajstić information content (AvgIpc) is 2.88. The first-order chi connectivity index (χ1) is 11.1. The van der Waals surface area contributed by atoms with Crippen LogP contribution in [0, 0.1) is 11.7 Å². The van der Waals surface area contributed by atoms with Crippen molar-refractivity contribution in [3.8, 4) is 0 Å². The fourth-order valence-electron chi connectivity index (χ4n) is 3.20. The molecular weight excluding hydrogens is 313 g/mol. The highest BCUT2D eigenvalue weighted by Gasteiger charge is 2.23. The van der Waals surface area contributed by atoms with Gasteiger partial charge in [-0.25, -0.2) is 9.07 Å². The fraction of sp³-hybridized carbons (Fsp3) is 0.353. The number of aryl methyl sites for hydroxylation is 1. The molecule has 118 valence electrons. The van der Waals surface area contributed by atoms with Gasteiger partial charge in [0.1, 0.15) is 5.82 Å². The van der Waals surface area contributed by atoms with Crippen LogP contribution in [0.2, 0.25) is 0 Å². The van der Waals surface area contributed by atoms with Gasteiger partial charge < -0.3 is 0 Å². The molecule has 1 aliphatic rings. The summed E-state index contributed by atoms with van der Waals surface area (Å²) in [5.74, 6) is 0.338. The van der Waals surface area contributed by atoms with E-state index in [9.17, 15) is 9.18 Å². The molecular formula is C17H16FN3OS. The Labute approximate surface area is 136 Å². The van der Waals surface area contributed by atoms with Crippen LogP contribution in [-0.2, 0) is 19.4 Å². The maximum atomic E-state index is 13.3. The van der Waals surface area contributed by atoms with Gasteiger partial charge in [0.15, 0.2) is 4.83 Å². The van der Waals surface area contributed by atoms with Crippen LogP contribution in [0.15, 0.2) is 29.1 Å². The van der Waals surface area contributed by atoms with Gasteiger partial charge in [0.25, 0.3) is 5.56 Å². The number of hydrogen-bond donors (Lipinski definition) is 0. The molecule has 0 bridgehead atoms. The first kappa shape index (κ1) is 14.5. The van der Waals surface area contributed by atoms with Gasteiger partial charge >= 0.3 is 0 Å². The zero-order chi connectivity index (χ0) is 16.0. The van der Waals surface area contributed by atoms with Gasteiger partial charge in [0, 0.05) is 4.88 Å². The summed E-state index contributed by atoms with van der Waals surface area (Å²) < 4.78 is 14.6. The minimum Gasteiger partial charge on any atom is -0.267 e. The van der Waals surface area contributed by atoms with E-state index >= 15 is 0 Å². The number of benzene rings is 1. The van der Waals surface area contributed by atoms with E-state index in [-0.39, 0.29) is 17.9 Å². The molecule has 4 nitrogen and oxygen atoms in total. The van der Waals surface area contributed by atoms with Gasteiger partial charge in [-0.3, -0.25) is 4.79 Å². The minimum absolute atomic E-state index is 0.119. The second-order valence-electron chi connectivity index (χ2n) is 6.21. The summed E-state index contributed by atoms with van der Waals surface area (Å²) in [7, 11) is 0. The zero-order valence-corrected chi connectivity index (χ0v) is 13.6. The van der Waals surface area contributed by atoms with Gasteiger partial charge in [-0.15, -0.1) is 16.4 Å². The van der Waals surface area contributed by atoms with Crippen LogP contribution < -0.4 is 5.56 Å². The fourth-order valence-corrected chi connectivity index (χ4v) is 4.52. The molecule has 0 radical (unpaired) electrons. The molecule has 0 saturated heterocycles. The lowest BCUT2D eigenvalue weighted by atomic mass is 9.89. The molecule has 3 aromatic rings. The largest absolute Gasteiger partial charge is 0.279 e. The van der Waals surface area contributed by atoms with E-state index < -0.39 is 0 Å². The van der Waals surface area contributed by atoms with Crippen molar-refractivity contribution in [3.63, 3.8) is 0 Å². The monoisotopic (exact) mass is 329 g/mol. The van der Waals surface area contributed by atoms with Gasteiger partial charge in [0.2, 0.25) is 0 Å². The first-order valence-corrected chi connectivity index (χ1v) is 8.56. The molecule has 1 aliphatic carbocycles. The molecule has 23 heavy (non-hydrogen) atoms. The average molecular weight is 329 g/mol. The normalized spacial score (nSPS) is 17.4. The number of fused-ring (bicyclic) bond motifs is 3. The van der Waals surface area contributed by atoms with Gasteiger partial charge in [-0.05, 0) is 48.4 Å². The van der Waals surface area contributed by atoms with E-state index in [0.717, 1.165) is 29.7 Å². The number of halogens is 1. The van der Waals surface area contributed by atoms with Gasteiger partial charge in [-0.2, -0.15) is 0 Å². The molecule has 6 heteroatoms. The predicted octanol–water partition coefficient (Wildman–Crippen LogP) is 3.17. The van der Waals surface area contributed by atoms with E-state index in [1.165, 1.54) is 21.7 Å². The van der Waals surface area contributed by atoms with Crippen LogP contribution in [0.4, 0.5) is 4.39 Å². The van der Waals surface area contributed by atoms with Crippen molar-refractivity contribution in [1.29, 1.82) is 0 Å². The van der Waals surface area contributed by atoms with Gasteiger partial charge in [0.05, 0.1) is 11.9 Å². The highest BCUT2D eigenvalue weighted by atomic mass is 32.1. The Morgan fingerprint density at radius 2 is 2.30 bits per heavy atom. The van der Waals surface area contributed by atoms with E-state index in [0.29, 0.717) is 16.9 Å². The smallest absolute Gasteiger partial charge is 0.267 e. The lowest BCUT2D eigenvalue weighted by molar-refractivity contribution is 0.508. The van der Waals surface area contributed by atoms with Crippen molar-refractivity contribution in [2.24, 2.45) is 5.92 Å². The van der Waals surface area contributed by atoms with Crippen molar-refractivity contribution in [2.45, 2.75) is 32.7 Å². The lowest BCUT2D eigenvalue weighted by Crippen LogP contribution is -2.25. The Balaban J connectivity index is 1.80. The van der Waals surface area contributed by atoms with E-state index in [4.69, 9.17) is 0 Å². The number of nitrogens with zero attached hydrogens (tertiary/aromatic N) is 3. The van der Waals surface area contributed by atoms with Crippen molar-refractivity contribution in [1.82, 2.24) is 15.0 Å². The molecule has 0 fully saturated rings. The SMILES string of the molecule is CC1CCc2c(sc3nnn(Cc4cccc(F)c4)c(=O)c23)C1. The second kappa shape index (κ2) is 5.53. The van der Waals surface area contributed by atoms with E-state index in [1.54, 1.807) is 23.5 Å². The molecule has 1 aromatic carbocycles. The molecule has 0 saturated carbocycles. The van der Waals surface area contributed by atoms with Crippen molar-refractivity contribution >= 4 is 21.6 Å². The minimum atomic E-state index is -0.313. The third kappa shape index (κ3) is 2.57. The third-order valence-electron chi connectivity index (χ3n) is 4.41. The Morgan fingerprint density at radius 1 is 1.43 bits per heavy atom. The number of hydrogen-bond acceptors (Lipinski definition) is 4. The molecule has 4 rings (SSSR count). The summed E-state index contributed by atoms with van der Waals surface area (Å²) in [4.78, 5) is 14.8. The number of rotatable bonds is 2. The Morgan fingerprint density at radius 3 is 3.13 bits per heavy atom. The summed E-state index contributed by atoms with van der Waals surface area (Å²) in [6, 6.07) is 6.22. The van der Waals surface area contributed by atoms with Crippen LogP contribution in [-0.4, -0.2) is 15.0 Å². The van der Waals surface area contributed by atoms with Gasteiger partial charge in [-0.1, -0.05) is 24.3 Å². The first-order valence-electron chi connectivity index (χ1n) is 7.74. The molecule has 2 heterocycles. The van der Waals surface area contributed by atoms with Crippen LogP contribution >= 0.6 is 11.3 Å². The van der Waals surface area contributed by atoms with Crippen LogP contribution in [0.3, 0.4) is 0 Å². The van der Waals surface area contributed by atoms with E-state index in [2.05, 4.69) is 17.2 Å². The van der Waals surface area contributed by atoms with Crippen molar-refractivity contribution < 1.29 is 4.39 Å². The van der Waals surface area contributed by atoms with Crippen molar-refractivity contribution in [3.05, 3.63) is 56.4 Å². The Kier molecular flexibility index (Phi) is 3.49. The lowest BCUT2D eigenvalue weighted by Gasteiger charge is -2.17. The molecule has 1 unspecified atom stereocenters. The molecule has 0 amide bonds. The van der Waals surface area contributed by atoms with Crippen LogP contribution in [0.5, 0.6) is 0 Å². The summed E-state index contributed by atoms with van der Waals surface area (Å²) in [6.45, 7) is 2.47. The standard InChI is InChI=1S/C17H16FN3OS/c1-10-5-6-13-14(7-10)23-16-15(13)17(22)21(20-19-16)9-11-3-2-4-12(18)8-11/h2-4,8,10H,5-7,9H2,1H3. The number of aromatic nitrogens is 3. The van der Waals surface area contributed by atoms with E-state index in [1.807, 2.05) is 0 Å². The molecule has 0 spiro atoms. The maximum absolute atomic E-state index is 13.3. The highest BCUT2D eigenvalue weighted by Crippen LogP contribution is 2.35. The highest BCUT2D eigenvalue weighted by molar-refractivity contribution is 7.18. The molecule has 0 aliphatic heterocycles. The molecule has 2 aromatic heterocycles. The summed E-state index contributed by atoms with van der Waals surface area (Å²) in [6.07, 6.45) is 3.04. The zero-order valence-electron chi connectivity index (χ0n) is 12.8. The topological polar surface area (TPSA) is 47.8 Å². The quantitative estimate of drug-likeness (QED) is 0.725. The Bertz CT molecular complexity index is 947. The molecule has 0 N–H and O–H groups in total. The van der Waals surface area contributed by atoms with Crippen molar-refractivity contribution in [2.75, 3.05) is 0 Å². The predicted molar refractivity (Wildman–Crippen MR) is 88.4 cm³/mol. The molecule has 1 atom stereocenters. The van der Waals surface area contributed by atoms with Crippen LogP contribution in [0.1, 0.15) is 29.3 Å². The van der Waals surface area contributed by atoms with Crippen LogP contribution in [0.25, 0.3) is 10.2 Å².